The molecule has 1 aromatic rings. The number of ether oxygens (including phenoxy) is 1. The molecule has 1 aromatic carbocycles. The summed E-state index contributed by atoms with van der Waals surface area (Å²) in [6, 6.07) is 7.10. The number of halogens is 1. The van der Waals surface area contributed by atoms with Gasteiger partial charge in [0, 0.05) is 6.61 Å². The highest BCUT2D eigenvalue weighted by atomic mass is 19.1. The van der Waals surface area contributed by atoms with Crippen molar-refractivity contribution in [2.75, 3.05) is 6.61 Å². The molecule has 4 atom stereocenters. The predicted molar refractivity (Wildman–Crippen MR) is 102 cm³/mol. The number of nitriles is 1. The van der Waals surface area contributed by atoms with Crippen molar-refractivity contribution in [2.24, 2.45) is 11.8 Å². The first-order chi connectivity index (χ1) is 12.7. The maximum Gasteiger partial charge on any atom is 0.141 e. The molecule has 3 rings (SSSR count). The zero-order chi connectivity index (χ0) is 18.4. The second-order valence-corrected chi connectivity index (χ2v) is 8.25. The van der Waals surface area contributed by atoms with Gasteiger partial charge in [0.05, 0.1) is 11.7 Å². The van der Waals surface area contributed by atoms with Gasteiger partial charge in [-0.3, -0.25) is 0 Å². The van der Waals surface area contributed by atoms with Gasteiger partial charge in [0.1, 0.15) is 11.9 Å². The minimum absolute atomic E-state index is 0.152. The quantitative estimate of drug-likeness (QED) is 0.533. The first kappa shape index (κ1) is 19.4. The highest BCUT2D eigenvalue weighted by Gasteiger charge is 2.36. The Morgan fingerprint density at radius 2 is 1.88 bits per heavy atom. The summed E-state index contributed by atoms with van der Waals surface area (Å²) in [6.07, 6.45) is 12.7. The molecule has 0 N–H and O–H groups in total. The monoisotopic (exact) mass is 357 g/mol. The Hall–Kier alpha value is -1.40. The van der Waals surface area contributed by atoms with Crippen LogP contribution in [0.5, 0.6) is 0 Å². The van der Waals surface area contributed by atoms with E-state index in [1.807, 2.05) is 12.1 Å². The van der Waals surface area contributed by atoms with Crippen molar-refractivity contribution >= 4 is 0 Å². The Balaban J connectivity index is 1.48. The van der Waals surface area contributed by atoms with Gasteiger partial charge in [0.15, 0.2) is 0 Å². The molecule has 2 saturated carbocycles. The Labute approximate surface area is 157 Å². The van der Waals surface area contributed by atoms with Gasteiger partial charge < -0.3 is 4.74 Å². The molecular formula is C23H32FNO. The van der Waals surface area contributed by atoms with E-state index in [0.29, 0.717) is 12.0 Å². The van der Waals surface area contributed by atoms with Crippen molar-refractivity contribution in [3.05, 3.63) is 35.1 Å². The number of hydrogen-bond acceptors (Lipinski definition) is 2. The van der Waals surface area contributed by atoms with Gasteiger partial charge in [0.2, 0.25) is 0 Å². The molecule has 0 spiro atoms. The van der Waals surface area contributed by atoms with E-state index in [1.165, 1.54) is 57.8 Å². The van der Waals surface area contributed by atoms with Crippen molar-refractivity contribution in [3.63, 3.8) is 0 Å². The SMILES string of the molecule is CCCCCCOC1CCC2CC(c3ccc(C#N)c(F)c3)CCC2C1. The Morgan fingerprint density at radius 1 is 1.08 bits per heavy atom. The third-order valence-electron chi connectivity index (χ3n) is 6.50. The Bertz CT molecular complexity index is 623. The van der Waals surface area contributed by atoms with Crippen LogP contribution in [0, 0.1) is 29.0 Å². The van der Waals surface area contributed by atoms with E-state index in [9.17, 15) is 4.39 Å². The average Bonchev–Trinajstić information content (AvgIpc) is 2.67. The molecule has 0 bridgehead atoms. The Morgan fingerprint density at radius 3 is 2.65 bits per heavy atom. The van der Waals surface area contributed by atoms with Crippen molar-refractivity contribution in [1.29, 1.82) is 5.26 Å². The number of rotatable bonds is 7. The van der Waals surface area contributed by atoms with Gasteiger partial charge in [-0.05, 0) is 80.4 Å². The van der Waals surface area contributed by atoms with Crippen molar-refractivity contribution in [2.45, 2.75) is 83.2 Å². The molecule has 4 unspecified atom stereocenters. The minimum Gasteiger partial charge on any atom is -0.378 e. The number of benzene rings is 1. The molecule has 0 saturated heterocycles. The van der Waals surface area contributed by atoms with Gasteiger partial charge in [-0.2, -0.15) is 5.26 Å². The minimum atomic E-state index is -0.368. The maximum absolute atomic E-state index is 13.9. The van der Waals surface area contributed by atoms with E-state index in [1.54, 1.807) is 12.1 Å². The highest BCUT2D eigenvalue weighted by Crippen LogP contribution is 2.46. The summed E-state index contributed by atoms with van der Waals surface area (Å²) in [6.45, 7) is 3.17. The lowest BCUT2D eigenvalue weighted by Crippen LogP contribution is -2.34. The predicted octanol–water partition coefficient (Wildman–Crippen LogP) is 6.35. The zero-order valence-corrected chi connectivity index (χ0v) is 16.1. The van der Waals surface area contributed by atoms with Crippen LogP contribution >= 0.6 is 0 Å². The first-order valence-corrected chi connectivity index (χ1v) is 10.5. The van der Waals surface area contributed by atoms with E-state index < -0.39 is 0 Å². The van der Waals surface area contributed by atoms with Crippen LogP contribution in [0.1, 0.15) is 88.2 Å². The molecule has 26 heavy (non-hydrogen) atoms. The smallest absolute Gasteiger partial charge is 0.141 e. The second-order valence-electron chi connectivity index (χ2n) is 8.25. The fraction of sp³-hybridized carbons (Fsp3) is 0.696. The maximum atomic E-state index is 13.9. The molecular weight excluding hydrogens is 325 g/mol. The summed E-state index contributed by atoms with van der Waals surface area (Å²) < 4.78 is 20.1. The summed E-state index contributed by atoms with van der Waals surface area (Å²) >= 11 is 0. The van der Waals surface area contributed by atoms with Crippen LogP contribution < -0.4 is 0 Å². The molecule has 2 nitrogen and oxygen atoms in total. The van der Waals surface area contributed by atoms with Gasteiger partial charge in [-0.15, -0.1) is 0 Å². The Kier molecular flexibility index (Phi) is 7.08. The number of hydrogen-bond donors (Lipinski definition) is 0. The highest BCUT2D eigenvalue weighted by molar-refractivity contribution is 5.35. The third kappa shape index (κ3) is 4.86. The summed E-state index contributed by atoms with van der Waals surface area (Å²) in [5, 5.41) is 8.90. The molecule has 2 aliphatic carbocycles. The fourth-order valence-electron chi connectivity index (χ4n) is 4.95. The van der Waals surface area contributed by atoms with Crippen LogP contribution in [0.2, 0.25) is 0 Å². The van der Waals surface area contributed by atoms with Crippen LogP contribution in [-0.4, -0.2) is 12.7 Å². The molecule has 142 valence electrons. The second kappa shape index (κ2) is 9.51. The molecule has 3 heteroatoms. The van der Waals surface area contributed by atoms with Crippen LogP contribution in [0.3, 0.4) is 0 Å². The number of unbranched alkanes of at least 4 members (excludes halogenated alkanes) is 3. The average molecular weight is 358 g/mol. The molecule has 2 aliphatic rings. The van der Waals surface area contributed by atoms with Gasteiger partial charge >= 0.3 is 0 Å². The van der Waals surface area contributed by atoms with Gasteiger partial charge in [0.25, 0.3) is 0 Å². The zero-order valence-electron chi connectivity index (χ0n) is 16.1. The van der Waals surface area contributed by atoms with Crippen molar-refractivity contribution < 1.29 is 9.13 Å². The van der Waals surface area contributed by atoms with Gasteiger partial charge in [-0.1, -0.05) is 32.3 Å². The molecule has 0 aliphatic heterocycles. The first-order valence-electron chi connectivity index (χ1n) is 10.5. The van der Waals surface area contributed by atoms with Crippen LogP contribution in [0.25, 0.3) is 0 Å². The van der Waals surface area contributed by atoms with Crippen LogP contribution in [0.15, 0.2) is 18.2 Å². The normalized spacial score (nSPS) is 28.3. The molecule has 2 fully saturated rings. The lowest BCUT2D eigenvalue weighted by atomic mass is 9.65. The lowest BCUT2D eigenvalue weighted by Gasteiger charge is -2.42. The summed E-state index contributed by atoms with van der Waals surface area (Å²) in [7, 11) is 0. The molecule has 0 heterocycles. The summed E-state index contributed by atoms with van der Waals surface area (Å²) in [4.78, 5) is 0. The van der Waals surface area contributed by atoms with E-state index >= 15 is 0 Å². The van der Waals surface area contributed by atoms with E-state index in [0.717, 1.165) is 30.4 Å². The number of fused-ring (bicyclic) bond motifs is 1. The van der Waals surface area contributed by atoms with E-state index in [2.05, 4.69) is 6.92 Å². The van der Waals surface area contributed by atoms with E-state index in [-0.39, 0.29) is 11.4 Å². The standard InChI is InChI=1S/C23H32FNO/c1-2-3-4-5-12-26-22-11-10-18-13-17(6-7-19(18)14-22)20-8-9-21(16-25)23(24)15-20/h8-9,15,17-19,22H,2-7,10-14H2,1H3. The largest absolute Gasteiger partial charge is 0.378 e. The van der Waals surface area contributed by atoms with Crippen LogP contribution in [-0.2, 0) is 4.74 Å². The topological polar surface area (TPSA) is 33.0 Å². The summed E-state index contributed by atoms with van der Waals surface area (Å²) in [5.74, 6) is 1.62. The third-order valence-corrected chi connectivity index (χ3v) is 6.50. The molecule has 0 amide bonds. The fourth-order valence-corrected chi connectivity index (χ4v) is 4.95. The molecule has 0 aromatic heterocycles. The summed E-state index contributed by atoms with van der Waals surface area (Å²) in [5.41, 5.74) is 1.23. The van der Waals surface area contributed by atoms with Crippen molar-refractivity contribution in [3.8, 4) is 6.07 Å². The van der Waals surface area contributed by atoms with Crippen LogP contribution in [0.4, 0.5) is 4.39 Å². The molecule has 0 radical (unpaired) electrons. The lowest BCUT2D eigenvalue weighted by molar-refractivity contribution is -0.0163. The van der Waals surface area contributed by atoms with Gasteiger partial charge in [-0.25, -0.2) is 4.39 Å². The number of nitrogens with zero attached hydrogens (tertiary/aromatic N) is 1. The van der Waals surface area contributed by atoms with Crippen molar-refractivity contribution in [1.82, 2.24) is 0 Å². The van der Waals surface area contributed by atoms with E-state index in [4.69, 9.17) is 10.00 Å².